The highest BCUT2D eigenvalue weighted by Crippen LogP contribution is 2.06. The summed E-state index contributed by atoms with van der Waals surface area (Å²) in [7, 11) is 6.34. The number of hydrogen-bond acceptors (Lipinski definition) is 4. The first-order chi connectivity index (χ1) is 5.79. The zero-order valence-corrected chi connectivity index (χ0v) is 8.05. The van der Waals surface area contributed by atoms with Gasteiger partial charge in [0.1, 0.15) is 13.2 Å². The van der Waals surface area contributed by atoms with Crippen LogP contribution in [0.1, 0.15) is 0 Å². The van der Waals surface area contributed by atoms with Crippen LogP contribution in [0.3, 0.4) is 0 Å². The van der Waals surface area contributed by atoms with E-state index in [0.29, 0.717) is 24.7 Å². The lowest BCUT2D eigenvalue weighted by atomic mass is 10.4. The van der Waals surface area contributed by atoms with Crippen molar-refractivity contribution in [3.8, 4) is 0 Å². The summed E-state index contributed by atoms with van der Waals surface area (Å²) in [6.07, 6.45) is 0. The zero-order valence-electron chi connectivity index (χ0n) is 8.05. The smallest absolute Gasteiger partial charge is 0.161 e. The molecule has 0 unspecified atom stereocenters. The molecule has 0 aromatic heterocycles. The van der Waals surface area contributed by atoms with Crippen molar-refractivity contribution in [3.63, 3.8) is 0 Å². The van der Waals surface area contributed by atoms with E-state index in [1.165, 1.54) is 0 Å². The summed E-state index contributed by atoms with van der Waals surface area (Å²) in [6.45, 7) is 0.784. The Balaban J connectivity index is 4.26. The molecule has 0 aliphatic heterocycles. The van der Waals surface area contributed by atoms with Gasteiger partial charge in [0.05, 0.1) is 14.2 Å². The molecule has 0 heterocycles. The number of hydrogen-bond donors (Lipinski definition) is 0. The molecule has 0 fully saturated rings. The van der Waals surface area contributed by atoms with E-state index in [1.54, 1.807) is 28.4 Å². The van der Waals surface area contributed by atoms with E-state index in [2.05, 4.69) is 0 Å². The summed E-state index contributed by atoms with van der Waals surface area (Å²) < 4.78 is 19.9. The second-order valence-corrected chi connectivity index (χ2v) is 2.12. The average Bonchev–Trinajstić information content (AvgIpc) is 2.11. The molecule has 0 rings (SSSR count). The second kappa shape index (κ2) is 6.94. The third-order valence-corrected chi connectivity index (χ3v) is 1.35. The minimum Gasteiger partial charge on any atom is -0.495 e. The quantitative estimate of drug-likeness (QED) is 0.560. The maximum atomic E-state index is 5.05. The first kappa shape index (κ1) is 11.3. The van der Waals surface area contributed by atoms with Crippen molar-refractivity contribution in [2.75, 3.05) is 41.7 Å². The molecule has 0 saturated heterocycles. The molecule has 4 nitrogen and oxygen atoms in total. The Morgan fingerprint density at radius 3 is 1.25 bits per heavy atom. The van der Waals surface area contributed by atoms with Gasteiger partial charge in [0.25, 0.3) is 0 Å². The van der Waals surface area contributed by atoms with Crippen LogP contribution in [0.5, 0.6) is 0 Å². The summed E-state index contributed by atoms with van der Waals surface area (Å²) in [4.78, 5) is 0. The van der Waals surface area contributed by atoms with Crippen LogP contribution < -0.4 is 0 Å². The van der Waals surface area contributed by atoms with Crippen molar-refractivity contribution in [2.24, 2.45) is 0 Å². The minimum atomic E-state index is 0.392. The van der Waals surface area contributed by atoms with E-state index in [0.717, 1.165) is 0 Å². The van der Waals surface area contributed by atoms with Crippen LogP contribution in [0.25, 0.3) is 0 Å². The van der Waals surface area contributed by atoms with E-state index in [9.17, 15) is 0 Å². The molecule has 0 radical (unpaired) electrons. The maximum absolute atomic E-state index is 5.05. The second-order valence-electron chi connectivity index (χ2n) is 2.12. The fourth-order valence-corrected chi connectivity index (χ4v) is 0.769. The van der Waals surface area contributed by atoms with Gasteiger partial charge in [-0.05, 0) is 0 Å². The molecule has 0 aromatic rings. The minimum absolute atomic E-state index is 0.392. The molecule has 0 atom stereocenters. The van der Waals surface area contributed by atoms with E-state index >= 15 is 0 Å². The van der Waals surface area contributed by atoms with E-state index in [4.69, 9.17) is 18.9 Å². The summed E-state index contributed by atoms with van der Waals surface area (Å²) in [5.41, 5.74) is 0. The Morgan fingerprint density at radius 2 is 1.08 bits per heavy atom. The SMILES string of the molecule is COCC(OC)=C(COC)OC. The third kappa shape index (κ3) is 3.59. The molecule has 0 N–H and O–H groups in total. The van der Waals surface area contributed by atoms with Gasteiger partial charge >= 0.3 is 0 Å². The molecule has 72 valence electrons. The number of methoxy groups -OCH3 is 4. The number of rotatable bonds is 6. The van der Waals surface area contributed by atoms with Crippen LogP contribution in [0, 0.1) is 0 Å². The Bertz CT molecular complexity index is 126. The Labute approximate surface area is 73.1 Å². The fraction of sp³-hybridized carbons (Fsp3) is 0.750. The van der Waals surface area contributed by atoms with Crippen molar-refractivity contribution < 1.29 is 18.9 Å². The van der Waals surface area contributed by atoms with Crippen LogP contribution >= 0.6 is 0 Å². The van der Waals surface area contributed by atoms with Gasteiger partial charge in [-0.1, -0.05) is 0 Å². The first-order valence-electron chi connectivity index (χ1n) is 3.58. The fourth-order valence-electron chi connectivity index (χ4n) is 0.769. The molecule has 4 heteroatoms. The lowest BCUT2D eigenvalue weighted by Gasteiger charge is -2.11. The standard InChI is InChI=1S/C8H16O4/c1-9-5-7(11-3)8(12-4)6-10-2/h5-6H2,1-4H3. The first-order valence-corrected chi connectivity index (χ1v) is 3.58. The lowest BCUT2D eigenvalue weighted by Crippen LogP contribution is -2.07. The third-order valence-electron chi connectivity index (χ3n) is 1.35. The summed E-state index contributed by atoms with van der Waals surface area (Å²) in [5.74, 6) is 1.31. The number of ether oxygens (including phenoxy) is 4. The highest BCUT2D eigenvalue weighted by atomic mass is 16.5. The predicted octanol–water partition coefficient (Wildman–Crippen LogP) is 0.784. The van der Waals surface area contributed by atoms with Crippen LogP contribution in [-0.2, 0) is 18.9 Å². The molecule has 12 heavy (non-hydrogen) atoms. The van der Waals surface area contributed by atoms with Crippen LogP contribution in [0.4, 0.5) is 0 Å². The van der Waals surface area contributed by atoms with Gasteiger partial charge in [-0.25, -0.2) is 0 Å². The lowest BCUT2D eigenvalue weighted by molar-refractivity contribution is 0.109. The molecule has 0 saturated carbocycles. The monoisotopic (exact) mass is 176 g/mol. The van der Waals surface area contributed by atoms with Gasteiger partial charge in [-0.2, -0.15) is 0 Å². The van der Waals surface area contributed by atoms with Crippen LogP contribution in [0.15, 0.2) is 11.5 Å². The average molecular weight is 176 g/mol. The molecule has 0 aliphatic carbocycles. The van der Waals surface area contributed by atoms with Gasteiger partial charge in [0, 0.05) is 14.2 Å². The normalized spacial score (nSPS) is 12.3. The largest absolute Gasteiger partial charge is 0.495 e. The van der Waals surface area contributed by atoms with Gasteiger partial charge < -0.3 is 18.9 Å². The molecular formula is C8H16O4. The van der Waals surface area contributed by atoms with E-state index in [-0.39, 0.29) is 0 Å². The van der Waals surface area contributed by atoms with Gasteiger partial charge in [0.15, 0.2) is 11.5 Å². The molecule has 0 spiro atoms. The zero-order chi connectivity index (χ0) is 9.40. The van der Waals surface area contributed by atoms with Crippen molar-refractivity contribution in [2.45, 2.75) is 0 Å². The van der Waals surface area contributed by atoms with E-state index in [1.807, 2.05) is 0 Å². The van der Waals surface area contributed by atoms with Gasteiger partial charge in [-0.3, -0.25) is 0 Å². The summed E-state index contributed by atoms with van der Waals surface area (Å²) >= 11 is 0. The van der Waals surface area contributed by atoms with Crippen molar-refractivity contribution in [1.82, 2.24) is 0 Å². The van der Waals surface area contributed by atoms with Crippen molar-refractivity contribution in [3.05, 3.63) is 11.5 Å². The van der Waals surface area contributed by atoms with Crippen molar-refractivity contribution >= 4 is 0 Å². The highest BCUT2D eigenvalue weighted by molar-refractivity contribution is 5.02. The predicted molar refractivity (Wildman–Crippen MR) is 44.8 cm³/mol. The Hall–Kier alpha value is -0.740. The van der Waals surface area contributed by atoms with Gasteiger partial charge in [-0.15, -0.1) is 0 Å². The molecule has 0 aliphatic rings. The molecule has 0 bridgehead atoms. The summed E-state index contributed by atoms with van der Waals surface area (Å²) in [6, 6.07) is 0. The highest BCUT2D eigenvalue weighted by Gasteiger charge is 2.06. The van der Waals surface area contributed by atoms with Crippen molar-refractivity contribution in [1.29, 1.82) is 0 Å². The molecule has 0 amide bonds. The van der Waals surface area contributed by atoms with Crippen LogP contribution in [-0.4, -0.2) is 41.7 Å². The van der Waals surface area contributed by atoms with Crippen LogP contribution in [0.2, 0.25) is 0 Å². The Kier molecular flexibility index (Phi) is 6.51. The van der Waals surface area contributed by atoms with E-state index < -0.39 is 0 Å². The Morgan fingerprint density at radius 1 is 0.750 bits per heavy atom. The molecule has 0 aromatic carbocycles. The van der Waals surface area contributed by atoms with Gasteiger partial charge in [0.2, 0.25) is 0 Å². The summed E-state index contributed by atoms with van der Waals surface area (Å²) in [5, 5.41) is 0. The maximum Gasteiger partial charge on any atom is 0.161 e. The topological polar surface area (TPSA) is 36.9 Å². The molecular weight excluding hydrogens is 160 g/mol.